The minimum Gasteiger partial charge on any atom is -0.313 e. The number of amides is 1. The van der Waals surface area contributed by atoms with Gasteiger partial charge in [0.05, 0.1) is 6.54 Å². The average molecular weight is 211 g/mol. The van der Waals surface area contributed by atoms with Crippen LogP contribution >= 0.6 is 0 Å². The van der Waals surface area contributed by atoms with Gasteiger partial charge in [0, 0.05) is 33.6 Å². The molecule has 0 aromatic rings. The lowest BCUT2D eigenvalue weighted by molar-refractivity contribution is -0.143. The molecule has 4 heteroatoms. The quantitative estimate of drug-likeness (QED) is 0.364. The lowest BCUT2D eigenvalue weighted by Crippen LogP contribution is -2.42. The Labute approximate surface area is 92.2 Å². The number of nitrogens with zero attached hydrogens (tertiary/aromatic N) is 2. The highest BCUT2D eigenvalue weighted by atomic mass is 16.2. The van der Waals surface area contributed by atoms with Crippen LogP contribution in [0.15, 0.2) is 25.3 Å². The highest BCUT2D eigenvalue weighted by molar-refractivity contribution is 5.76. The lowest BCUT2D eigenvalue weighted by atomic mass is 10.3. The van der Waals surface area contributed by atoms with E-state index in [4.69, 9.17) is 0 Å². The summed E-state index contributed by atoms with van der Waals surface area (Å²) in [6, 6.07) is 0. The van der Waals surface area contributed by atoms with Crippen molar-refractivity contribution in [2.24, 2.45) is 0 Å². The van der Waals surface area contributed by atoms with E-state index in [1.165, 1.54) is 0 Å². The molecule has 1 amide bonds. The molecule has 0 aromatic carbocycles. The Hall–Kier alpha value is -1.13. The number of hydrazine groups is 1. The molecule has 0 saturated heterocycles. The SMILES string of the molecule is C=CCNCCC(=O)N(CC=C)N(C)C. The highest BCUT2D eigenvalue weighted by Crippen LogP contribution is 1.96. The van der Waals surface area contributed by atoms with Crippen molar-refractivity contribution >= 4 is 5.91 Å². The molecule has 0 fully saturated rings. The first-order valence-electron chi connectivity index (χ1n) is 5.03. The van der Waals surface area contributed by atoms with E-state index in [0.29, 0.717) is 19.5 Å². The first-order valence-corrected chi connectivity index (χ1v) is 5.03. The van der Waals surface area contributed by atoms with Crippen LogP contribution in [-0.2, 0) is 4.79 Å². The third-order valence-electron chi connectivity index (χ3n) is 1.88. The molecule has 0 aliphatic heterocycles. The van der Waals surface area contributed by atoms with Crippen LogP contribution in [-0.4, -0.2) is 49.7 Å². The van der Waals surface area contributed by atoms with Crippen molar-refractivity contribution in [3.8, 4) is 0 Å². The molecule has 1 N–H and O–H groups in total. The smallest absolute Gasteiger partial charge is 0.238 e. The van der Waals surface area contributed by atoms with Gasteiger partial charge in [-0.2, -0.15) is 0 Å². The van der Waals surface area contributed by atoms with Gasteiger partial charge in [-0.05, 0) is 0 Å². The minimum absolute atomic E-state index is 0.0939. The predicted octanol–water partition coefficient (Wildman–Crippen LogP) is 0.643. The van der Waals surface area contributed by atoms with Gasteiger partial charge in [-0.15, -0.1) is 13.2 Å². The van der Waals surface area contributed by atoms with E-state index in [0.717, 1.165) is 6.54 Å². The molecule has 0 aliphatic carbocycles. The van der Waals surface area contributed by atoms with Crippen molar-refractivity contribution in [1.29, 1.82) is 0 Å². The van der Waals surface area contributed by atoms with Gasteiger partial charge >= 0.3 is 0 Å². The van der Waals surface area contributed by atoms with Gasteiger partial charge in [-0.25, -0.2) is 5.01 Å². The number of nitrogens with one attached hydrogen (secondary N) is 1. The fourth-order valence-corrected chi connectivity index (χ4v) is 1.14. The Balaban J connectivity index is 3.91. The predicted molar refractivity (Wildman–Crippen MR) is 63.3 cm³/mol. The second-order valence-corrected chi connectivity index (χ2v) is 3.35. The molecule has 0 saturated carbocycles. The van der Waals surface area contributed by atoms with Crippen molar-refractivity contribution in [1.82, 2.24) is 15.3 Å². The van der Waals surface area contributed by atoms with Crippen LogP contribution < -0.4 is 5.32 Å². The number of carbonyl (C=O) groups is 1. The molecule has 0 rings (SSSR count). The molecular formula is C11H21N3O. The summed E-state index contributed by atoms with van der Waals surface area (Å²) in [5.41, 5.74) is 0. The first-order chi connectivity index (χ1) is 7.13. The van der Waals surface area contributed by atoms with Gasteiger partial charge < -0.3 is 5.32 Å². The summed E-state index contributed by atoms with van der Waals surface area (Å²) < 4.78 is 0. The molecule has 0 heterocycles. The van der Waals surface area contributed by atoms with E-state index in [2.05, 4.69) is 18.5 Å². The molecule has 4 nitrogen and oxygen atoms in total. The number of hydrogen-bond donors (Lipinski definition) is 1. The largest absolute Gasteiger partial charge is 0.313 e. The number of rotatable bonds is 8. The molecule has 0 unspecified atom stereocenters. The first kappa shape index (κ1) is 13.9. The summed E-state index contributed by atoms with van der Waals surface area (Å²) >= 11 is 0. The second-order valence-electron chi connectivity index (χ2n) is 3.35. The molecule has 0 radical (unpaired) electrons. The van der Waals surface area contributed by atoms with Gasteiger partial charge in [0.1, 0.15) is 0 Å². The lowest BCUT2D eigenvalue weighted by Gasteiger charge is -2.27. The summed E-state index contributed by atoms with van der Waals surface area (Å²) in [6.07, 6.45) is 3.98. The van der Waals surface area contributed by atoms with Gasteiger partial charge in [-0.3, -0.25) is 9.80 Å². The van der Waals surface area contributed by atoms with Crippen LogP contribution in [0.25, 0.3) is 0 Å². The second kappa shape index (κ2) is 8.20. The van der Waals surface area contributed by atoms with Crippen LogP contribution in [0.2, 0.25) is 0 Å². The Morgan fingerprint density at radius 3 is 2.47 bits per heavy atom. The standard InChI is InChI=1S/C11H21N3O/c1-5-8-12-9-7-11(15)14(10-6-2)13(3)4/h5-6,12H,1-2,7-10H2,3-4H3. The van der Waals surface area contributed by atoms with Crippen LogP contribution in [0.4, 0.5) is 0 Å². The van der Waals surface area contributed by atoms with Crippen molar-refractivity contribution in [2.45, 2.75) is 6.42 Å². The van der Waals surface area contributed by atoms with Gasteiger partial charge in [-0.1, -0.05) is 12.2 Å². The van der Waals surface area contributed by atoms with Crippen LogP contribution in [0.1, 0.15) is 6.42 Å². The fourth-order valence-electron chi connectivity index (χ4n) is 1.14. The maximum atomic E-state index is 11.7. The molecular weight excluding hydrogens is 190 g/mol. The molecule has 0 atom stereocenters. The Morgan fingerprint density at radius 2 is 2.00 bits per heavy atom. The highest BCUT2D eigenvalue weighted by Gasteiger charge is 2.12. The minimum atomic E-state index is 0.0939. The zero-order valence-corrected chi connectivity index (χ0v) is 9.70. The van der Waals surface area contributed by atoms with Crippen molar-refractivity contribution in [3.05, 3.63) is 25.3 Å². The molecule has 0 aliphatic rings. The summed E-state index contributed by atoms with van der Waals surface area (Å²) in [5.74, 6) is 0.0939. The molecule has 0 aromatic heterocycles. The average Bonchev–Trinajstić information content (AvgIpc) is 2.20. The normalized spacial score (nSPS) is 10.1. The summed E-state index contributed by atoms with van der Waals surface area (Å²) in [4.78, 5) is 11.7. The zero-order chi connectivity index (χ0) is 11.7. The summed E-state index contributed by atoms with van der Waals surface area (Å²) in [5, 5.41) is 6.52. The van der Waals surface area contributed by atoms with Crippen LogP contribution in [0.3, 0.4) is 0 Å². The van der Waals surface area contributed by atoms with Gasteiger partial charge in [0.15, 0.2) is 0 Å². The Kier molecular flexibility index (Phi) is 7.58. The topological polar surface area (TPSA) is 35.6 Å². The summed E-state index contributed by atoms with van der Waals surface area (Å²) in [7, 11) is 3.69. The van der Waals surface area contributed by atoms with Crippen molar-refractivity contribution in [2.75, 3.05) is 33.7 Å². The third kappa shape index (κ3) is 6.04. The van der Waals surface area contributed by atoms with E-state index >= 15 is 0 Å². The Bertz CT molecular complexity index is 214. The van der Waals surface area contributed by atoms with Crippen molar-refractivity contribution < 1.29 is 4.79 Å². The van der Waals surface area contributed by atoms with Crippen LogP contribution in [0, 0.1) is 0 Å². The van der Waals surface area contributed by atoms with E-state index < -0.39 is 0 Å². The number of carbonyl (C=O) groups excluding carboxylic acids is 1. The monoisotopic (exact) mass is 211 g/mol. The molecule has 0 spiro atoms. The van der Waals surface area contributed by atoms with Crippen molar-refractivity contribution in [3.63, 3.8) is 0 Å². The number of hydrogen-bond acceptors (Lipinski definition) is 3. The van der Waals surface area contributed by atoms with E-state index in [1.54, 1.807) is 22.2 Å². The molecule has 15 heavy (non-hydrogen) atoms. The van der Waals surface area contributed by atoms with E-state index in [9.17, 15) is 4.79 Å². The van der Waals surface area contributed by atoms with Crippen LogP contribution in [0.5, 0.6) is 0 Å². The maximum Gasteiger partial charge on any atom is 0.238 e. The zero-order valence-electron chi connectivity index (χ0n) is 9.70. The van der Waals surface area contributed by atoms with Gasteiger partial charge in [0.2, 0.25) is 5.91 Å². The molecule has 0 bridgehead atoms. The third-order valence-corrected chi connectivity index (χ3v) is 1.88. The fraction of sp³-hybridized carbons (Fsp3) is 0.545. The van der Waals surface area contributed by atoms with Gasteiger partial charge in [0.25, 0.3) is 0 Å². The maximum absolute atomic E-state index is 11.7. The van der Waals surface area contributed by atoms with E-state index in [-0.39, 0.29) is 5.91 Å². The summed E-state index contributed by atoms with van der Waals surface area (Å²) in [6.45, 7) is 9.17. The van der Waals surface area contributed by atoms with E-state index in [1.807, 2.05) is 14.1 Å². The Morgan fingerprint density at radius 1 is 1.33 bits per heavy atom. The molecule has 86 valence electrons.